The lowest BCUT2D eigenvalue weighted by Gasteiger charge is -2.18. The number of nitro groups is 1. The Kier molecular flexibility index (Phi) is 7.38. The minimum Gasteiger partial charge on any atom is -0.434 e. The third-order valence-electron chi connectivity index (χ3n) is 4.46. The Balaban J connectivity index is 1.89. The monoisotopic (exact) mass is 521 g/mol. The molecule has 0 amide bonds. The summed E-state index contributed by atoms with van der Waals surface area (Å²) in [6.07, 6.45) is 1.14. The van der Waals surface area contributed by atoms with Gasteiger partial charge in [-0.25, -0.2) is 13.4 Å². The van der Waals surface area contributed by atoms with Gasteiger partial charge < -0.3 is 10.1 Å². The van der Waals surface area contributed by atoms with Crippen molar-refractivity contribution in [3.8, 4) is 11.6 Å². The predicted octanol–water partition coefficient (Wildman–Crippen LogP) is 4.71. The van der Waals surface area contributed by atoms with Crippen molar-refractivity contribution in [2.75, 3.05) is 18.4 Å². The van der Waals surface area contributed by atoms with Crippen LogP contribution in [0.1, 0.15) is 13.8 Å². The van der Waals surface area contributed by atoms with Crippen molar-refractivity contribution in [1.82, 2.24) is 14.3 Å². The molecule has 0 saturated carbocycles. The van der Waals surface area contributed by atoms with Crippen LogP contribution in [0.15, 0.2) is 64.2 Å². The standard InChI is InChI=1S/C20H20BrN5O5S/c1-3-25(4-2)32(29,30)17-11-7-15(8-12-17)24-19-18(26(27)28)20(23-13-22-19)31-16-9-5-14(21)6-10-16/h5-13H,3-4H2,1-2H3,(H,22,23,24). The molecule has 168 valence electrons. The van der Waals surface area contributed by atoms with Gasteiger partial charge in [0.25, 0.3) is 0 Å². The first-order valence-electron chi connectivity index (χ1n) is 9.56. The minimum absolute atomic E-state index is 0.0866. The Morgan fingerprint density at radius 1 is 1.06 bits per heavy atom. The molecule has 0 unspecified atom stereocenters. The maximum atomic E-state index is 12.6. The number of halogens is 1. The maximum absolute atomic E-state index is 12.6. The number of sulfonamides is 1. The first-order chi connectivity index (χ1) is 15.3. The Bertz CT molecular complexity index is 1200. The third-order valence-corrected chi connectivity index (χ3v) is 7.05. The highest BCUT2D eigenvalue weighted by atomic mass is 79.9. The van der Waals surface area contributed by atoms with Crippen LogP contribution < -0.4 is 10.1 Å². The van der Waals surface area contributed by atoms with Gasteiger partial charge in [-0.1, -0.05) is 29.8 Å². The van der Waals surface area contributed by atoms with Crippen molar-refractivity contribution in [2.45, 2.75) is 18.7 Å². The second-order valence-electron chi connectivity index (χ2n) is 6.43. The molecule has 0 spiro atoms. The van der Waals surface area contributed by atoms with Crippen molar-refractivity contribution in [2.24, 2.45) is 0 Å². The fraction of sp³-hybridized carbons (Fsp3) is 0.200. The van der Waals surface area contributed by atoms with E-state index in [9.17, 15) is 18.5 Å². The highest BCUT2D eigenvalue weighted by Crippen LogP contribution is 2.35. The topological polar surface area (TPSA) is 128 Å². The molecule has 10 nitrogen and oxygen atoms in total. The fourth-order valence-electron chi connectivity index (χ4n) is 2.87. The Morgan fingerprint density at radius 3 is 2.25 bits per heavy atom. The van der Waals surface area contributed by atoms with Crippen LogP contribution in [0.25, 0.3) is 0 Å². The van der Waals surface area contributed by atoms with Gasteiger partial charge in [-0.05, 0) is 48.5 Å². The molecular formula is C20H20BrN5O5S. The van der Waals surface area contributed by atoms with E-state index in [0.29, 0.717) is 24.5 Å². The van der Waals surface area contributed by atoms with Crippen LogP contribution in [0.5, 0.6) is 11.6 Å². The number of nitrogens with one attached hydrogen (secondary N) is 1. The molecule has 2 aromatic carbocycles. The molecule has 0 atom stereocenters. The highest BCUT2D eigenvalue weighted by molar-refractivity contribution is 9.10. The Morgan fingerprint density at radius 2 is 1.69 bits per heavy atom. The molecule has 0 aliphatic rings. The predicted molar refractivity (Wildman–Crippen MR) is 123 cm³/mol. The number of hydrogen-bond acceptors (Lipinski definition) is 8. The van der Waals surface area contributed by atoms with Crippen LogP contribution in [0.3, 0.4) is 0 Å². The number of benzene rings is 2. The highest BCUT2D eigenvalue weighted by Gasteiger charge is 2.26. The van der Waals surface area contributed by atoms with Crippen molar-refractivity contribution >= 4 is 43.1 Å². The first-order valence-corrected chi connectivity index (χ1v) is 11.8. The summed E-state index contributed by atoms with van der Waals surface area (Å²) in [5, 5.41) is 14.6. The fourth-order valence-corrected chi connectivity index (χ4v) is 4.59. The number of aromatic nitrogens is 2. The second-order valence-corrected chi connectivity index (χ2v) is 9.28. The average molecular weight is 522 g/mol. The summed E-state index contributed by atoms with van der Waals surface area (Å²) in [4.78, 5) is 19.1. The van der Waals surface area contributed by atoms with Gasteiger partial charge in [0.15, 0.2) is 0 Å². The zero-order valence-electron chi connectivity index (χ0n) is 17.2. The number of anilines is 2. The summed E-state index contributed by atoms with van der Waals surface area (Å²) in [5.74, 6) is 0.0546. The Labute approximate surface area is 193 Å². The number of ether oxygens (including phenoxy) is 1. The molecule has 3 aromatic rings. The quantitative estimate of drug-likeness (QED) is 0.316. The molecule has 0 aliphatic carbocycles. The smallest absolute Gasteiger partial charge is 0.373 e. The van der Waals surface area contributed by atoms with Crippen molar-refractivity contribution in [3.63, 3.8) is 0 Å². The maximum Gasteiger partial charge on any atom is 0.373 e. The van der Waals surface area contributed by atoms with Crippen LogP contribution >= 0.6 is 15.9 Å². The van der Waals surface area contributed by atoms with E-state index in [1.807, 2.05) is 0 Å². The van der Waals surface area contributed by atoms with Crippen LogP contribution in [-0.4, -0.2) is 40.7 Å². The summed E-state index contributed by atoms with van der Waals surface area (Å²) in [5.41, 5.74) is -0.0323. The molecule has 1 aromatic heterocycles. The van der Waals surface area contributed by atoms with Gasteiger partial charge in [0.2, 0.25) is 15.8 Å². The molecule has 12 heteroatoms. The van der Waals surface area contributed by atoms with E-state index in [1.165, 1.54) is 28.6 Å². The molecule has 3 rings (SSSR count). The summed E-state index contributed by atoms with van der Waals surface area (Å²) < 4.78 is 33.0. The van der Waals surface area contributed by atoms with E-state index >= 15 is 0 Å². The molecule has 0 saturated heterocycles. The zero-order chi connectivity index (χ0) is 23.3. The lowest BCUT2D eigenvalue weighted by molar-refractivity contribution is -0.385. The van der Waals surface area contributed by atoms with Crippen molar-refractivity contribution < 1.29 is 18.1 Å². The Hall–Kier alpha value is -3.09. The molecule has 1 N–H and O–H groups in total. The van der Waals surface area contributed by atoms with Gasteiger partial charge in [-0.2, -0.15) is 9.29 Å². The minimum atomic E-state index is -3.61. The van der Waals surface area contributed by atoms with Crippen molar-refractivity contribution in [3.05, 3.63) is 69.4 Å². The van der Waals surface area contributed by atoms with E-state index in [1.54, 1.807) is 38.1 Å². The summed E-state index contributed by atoms with van der Waals surface area (Å²) in [7, 11) is -3.61. The van der Waals surface area contributed by atoms with Gasteiger partial charge in [-0.15, -0.1) is 0 Å². The lowest BCUT2D eigenvalue weighted by Crippen LogP contribution is -2.30. The van der Waals surface area contributed by atoms with E-state index in [4.69, 9.17) is 4.74 Å². The van der Waals surface area contributed by atoms with Gasteiger partial charge >= 0.3 is 11.6 Å². The number of nitrogens with zero attached hydrogens (tertiary/aromatic N) is 4. The number of hydrogen-bond donors (Lipinski definition) is 1. The van der Waals surface area contributed by atoms with Gasteiger partial charge in [0.05, 0.1) is 9.82 Å². The second kappa shape index (κ2) is 10.0. The molecule has 0 radical (unpaired) electrons. The van der Waals surface area contributed by atoms with E-state index < -0.39 is 20.6 Å². The van der Waals surface area contributed by atoms with Crippen LogP contribution in [-0.2, 0) is 10.0 Å². The van der Waals surface area contributed by atoms with E-state index in [2.05, 4.69) is 31.2 Å². The molecule has 0 bridgehead atoms. The summed E-state index contributed by atoms with van der Waals surface area (Å²) in [6.45, 7) is 4.23. The van der Waals surface area contributed by atoms with Crippen LogP contribution in [0.2, 0.25) is 0 Å². The van der Waals surface area contributed by atoms with Gasteiger partial charge in [0.1, 0.15) is 12.1 Å². The number of rotatable bonds is 9. The van der Waals surface area contributed by atoms with Gasteiger partial charge in [-0.3, -0.25) is 10.1 Å². The molecule has 1 heterocycles. The molecule has 32 heavy (non-hydrogen) atoms. The van der Waals surface area contributed by atoms with E-state index in [0.717, 1.165) is 10.8 Å². The summed E-state index contributed by atoms with van der Waals surface area (Å²) >= 11 is 3.31. The molecular weight excluding hydrogens is 502 g/mol. The largest absolute Gasteiger partial charge is 0.434 e. The normalized spacial score (nSPS) is 11.4. The van der Waals surface area contributed by atoms with Gasteiger partial charge in [0, 0.05) is 23.2 Å². The third kappa shape index (κ3) is 5.21. The van der Waals surface area contributed by atoms with Crippen molar-refractivity contribution in [1.29, 1.82) is 0 Å². The first kappa shape index (κ1) is 23.6. The lowest BCUT2D eigenvalue weighted by atomic mass is 10.3. The van der Waals surface area contributed by atoms with Crippen LogP contribution in [0.4, 0.5) is 17.2 Å². The van der Waals surface area contributed by atoms with Crippen LogP contribution in [0, 0.1) is 10.1 Å². The summed E-state index contributed by atoms with van der Waals surface area (Å²) in [6, 6.07) is 12.6. The molecule has 0 aliphatic heterocycles. The zero-order valence-corrected chi connectivity index (χ0v) is 19.6. The van der Waals surface area contributed by atoms with E-state index in [-0.39, 0.29) is 16.6 Å². The molecule has 0 fully saturated rings. The average Bonchev–Trinajstić information content (AvgIpc) is 2.76. The SMILES string of the molecule is CCN(CC)S(=O)(=O)c1ccc(Nc2ncnc(Oc3ccc(Br)cc3)c2[N+](=O)[O-])cc1.